The van der Waals surface area contributed by atoms with E-state index in [1.54, 1.807) is 19.9 Å². The van der Waals surface area contributed by atoms with E-state index in [4.69, 9.17) is 9.26 Å². The van der Waals surface area contributed by atoms with Gasteiger partial charge in [-0.15, -0.1) is 0 Å². The van der Waals surface area contributed by atoms with E-state index in [2.05, 4.69) is 10.1 Å². The third kappa shape index (κ3) is 2.53. The van der Waals surface area contributed by atoms with Crippen molar-refractivity contribution < 1.29 is 18.4 Å². The Morgan fingerprint density at radius 3 is 2.89 bits per heavy atom. The monoisotopic (exact) mass is 250 g/mol. The molecule has 94 valence electrons. The molecule has 5 nitrogen and oxygen atoms in total. The fourth-order valence-electron chi connectivity index (χ4n) is 1.48. The smallest absolute Gasteiger partial charge is 0.397 e. The SMILES string of the molecule is CCOC(=O)c1nc(-c2cc(C)cc(F)c2)no1. The number of halogens is 1. The minimum atomic E-state index is -0.690. The zero-order valence-electron chi connectivity index (χ0n) is 9.94. The number of esters is 1. The van der Waals surface area contributed by atoms with Crippen molar-refractivity contribution in [2.45, 2.75) is 13.8 Å². The fourth-order valence-corrected chi connectivity index (χ4v) is 1.48. The molecule has 0 atom stereocenters. The predicted molar refractivity (Wildman–Crippen MR) is 60.4 cm³/mol. The first-order valence-electron chi connectivity index (χ1n) is 5.38. The molecule has 1 heterocycles. The molecular formula is C12H11FN2O3. The van der Waals surface area contributed by atoms with Crippen molar-refractivity contribution in [1.29, 1.82) is 0 Å². The van der Waals surface area contributed by atoms with Gasteiger partial charge in [0.05, 0.1) is 6.61 Å². The topological polar surface area (TPSA) is 65.2 Å². The van der Waals surface area contributed by atoms with E-state index < -0.39 is 11.8 Å². The van der Waals surface area contributed by atoms with Crippen molar-refractivity contribution in [3.63, 3.8) is 0 Å². The van der Waals surface area contributed by atoms with Crippen LogP contribution in [0.4, 0.5) is 4.39 Å². The Hall–Kier alpha value is -2.24. The third-order valence-corrected chi connectivity index (χ3v) is 2.18. The molecule has 0 radical (unpaired) electrons. The summed E-state index contributed by atoms with van der Waals surface area (Å²) in [6, 6.07) is 4.35. The number of rotatable bonds is 3. The molecule has 18 heavy (non-hydrogen) atoms. The highest BCUT2D eigenvalue weighted by Crippen LogP contribution is 2.19. The van der Waals surface area contributed by atoms with Crippen LogP contribution in [-0.2, 0) is 4.74 Å². The average Bonchev–Trinajstić information content (AvgIpc) is 2.77. The Balaban J connectivity index is 2.32. The van der Waals surface area contributed by atoms with E-state index in [-0.39, 0.29) is 18.3 Å². The van der Waals surface area contributed by atoms with Gasteiger partial charge < -0.3 is 9.26 Å². The minimum absolute atomic E-state index is 0.153. The zero-order chi connectivity index (χ0) is 13.1. The second kappa shape index (κ2) is 4.95. The third-order valence-electron chi connectivity index (χ3n) is 2.18. The second-order valence-corrected chi connectivity index (χ2v) is 3.66. The number of hydrogen-bond donors (Lipinski definition) is 0. The van der Waals surface area contributed by atoms with Crippen LogP contribution < -0.4 is 0 Å². The van der Waals surface area contributed by atoms with Crippen molar-refractivity contribution in [2.75, 3.05) is 6.61 Å². The van der Waals surface area contributed by atoms with Gasteiger partial charge in [-0.2, -0.15) is 4.98 Å². The average molecular weight is 250 g/mol. The van der Waals surface area contributed by atoms with Gasteiger partial charge in [0.15, 0.2) is 0 Å². The van der Waals surface area contributed by atoms with Crippen LogP contribution in [-0.4, -0.2) is 22.7 Å². The maximum atomic E-state index is 13.2. The summed E-state index contributed by atoms with van der Waals surface area (Å²) in [5, 5.41) is 3.62. The molecule has 0 saturated carbocycles. The molecular weight excluding hydrogens is 239 g/mol. The molecule has 0 unspecified atom stereocenters. The molecule has 0 N–H and O–H groups in total. The number of hydrogen-bond acceptors (Lipinski definition) is 5. The zero-order valence-corrected chi connectivity index (χ0v) is 9.94. The highest BCUT2D eigenvalue weighted by atomic mass is 19.1. The van der Waals surface area contributed by atoms with E-state index in [0.717, 1.165) is 5.56 Å². The molecule has 2 rings (SSSR count). The summed E-state index contributed by atoms with van der Waals surface area (Å²) in [7, 11) is 0. The van der Waals surface area contributed by atoms with Crippen LogP contribution >= 0.6 is 0 Å². The van der Waals surface area contributed by atoms with Crippen molar-refractivity contribution in [3.05, 3.63) is 35.5 Å². The van der Waals surface area contributed by atoms with E-state index in [1.807, 2.05) is 0 Å². The van der Waals surface area contributed by atoms with E-state index >= 15 is 0 Å². The molecule has 0 saturated heterocycles. The Bertz CT molecular complexity index is 560. The number of carbonyl (C=O) groups is 1. The maximum absolute atomic E-state index is 13.2. The Morgan fingerprint density at radius 1 is 1.44 bits per heavy atom. The standard InChI is InChI=1S/C12H11FN2O3/c1-3-17-12(16)11-14-10(15-18-11)8-4-7(2)5-9(13)6-8/h4-6H,3H2,1-2H3. The first kappa shape index (κ1) is 12.2. The molecule has 0 aliphatic heterocycles. The summed E-state index contributed by atoms with van der Waals surface area (Å²) in [6.45, 7) is 3.64. The molecule has 0 aliphatic carbocycles. The fraction of sp³-hybridized carbons (Fsp3) is 0.250. The van der Waals surface area contributed by atoms with Gasteiger partial charge >= 0.3 is 11.9 Å². The molecule has 0 amide bonds. The summed E-state index contributed by atoms with van der Waals surface area (Å²) in [4.78, 5) is 15.2. The maximum Gasteiger partial charge on any atom is 0.397 e. The largest absolute Gasteiger partial charge is 0.459 e. The van der Waals surface area contributed by atoms with Crippen LogP contribution in [0.5, 0.6) is 0 Å². The van der Waals surface area contributed by atoms with Crippen molar-refractivity contribution in [3.8, 4) is 11.4 Å². The van der Waals surface area contributed by atoms with Crippen LogP contribution in [0.3, 0.4) is 0 Å². The summed E-state index contributed by atoms with van der Waals surface area (Å²) in [6.07, 6.45) is 0. The minimum Gasteiger partial charge on any atom is -0.459 e. The molecule has 0 aliphatic rings. The van der Waals surface area contributed by atoms with Crippen molar-refractivity contribution in [2.24, 2.45) is 0 Å². The molecule has 0 bridgehead atoms. The summed E-state index contributed by atoms with van der Waals surface area (Å²) in [5.41, 5.74) is 1.18. The van der Waals surface area contributed by atoms with Gasteiger partial charge in [0.1, 0.15) is 5.82 Å². The number of aromatic nitrogens is 2. The molecule has 0 spiro atoms. The summed E-state index contributed by atoms with van der Waals surface area (Å²) < 4.78 is 22.7. The van der Waals surface area contributed by atoms with Gasteiger partial charge in [0, 0.05) is 5.56 Å². The van der Waals surface area contributed by atoms with Crippen molar-refractivity contribution in [1.82, 2.24) is 10.1 Å². The van der Waals surface area contributed by atoms with Crippen LogP contribution in [0.2, 0.25) is 0 Å². The van der Waals surface area contributed by atoms with Crippen LogP contribution in [0, 0.1) is 12.7 Å². The number of nitrogens with zero attached hydrogens (tertiary/aromatic N) is 2. The van der Waals surface area contributed by atoms with Gasteiger partial charge in [0.2, 0.25) is 5.82 Å². The van der Waals surface area contributed by atoms with Gasteiger partial charge in [-0.05, 0) is 37.6 Å². The Morgan fingerprint density at radius 2 is 2.22 bits per heavy atom. The lowest BCUT2D eigenvalue weighted by atomic mass is 10.1. The highest BCUT2D eigenvalue weighted by molar-refractivity contribution is 5.84. The summed E-state index contributed by atoms with van der Waals surface area (Å²) in [5.74, 6) is -1.17. The quantitative estimate of drug-likeness (QED) is 0.782. The first-order valence-corrected chi connectivity index (χ1v) is 5.38. The Labute approximate surface area is 103 Å². The van der Waals surface area contributed by atoms with Crippen molar-refractivity contribution >= 4 is 5.97 Å². The number of aryl methyl sites for hydroxylation is 1. The molecule has 1 aromatic heterocycles. The highest BCUT2D eigenvalue weighted by Gasteiger charge is 2.17. The predicted octanol–water partition coefficient (Wildman–Crippen LogP) is 2.36. The van der Waals surface area contributed by atoms with Crippen LogP contribution in [0.25, 0.3) is 11.4 Å². The summed E-state index contributed by atoms with van der Waals surface area (Å²) >= 11 is 0. The molecule has 6 heteroatoms. The lowest BCUT2D eigenvalue weighted by molar-refractivity contribution is 0.0470. The van der Waals surface area contributed by atoms with E-state index in [9.17, 15) is 9.18 Å². The Kier molecular flexibility index (Phi) is 3.36. The van der Waals surface area contributed by atoms with Gasteiger partial charge in [0.25, 0.3) is 0 Å². The second-order valence-electron chi connectivity index (χ2n) is 3.66. The lowest BCUT2D eigenvalue weighted by Crippen LogP contribution is -2.04. The van der Waals surface area contributed by atoms with E-state index in [1.165, 1.54) is 12.1 Å². The molecule has 0 fully saturated rings. The van der Waals surface area contributed by atoms with Crippen LogP contribution in [0.1, 0.15) is 23.2 Å². The first-order chi connectivity index (χ1) is 8.60. The van der Waals surface area contributed by atoms with Gasteiger partial charge in [-0.3, -0.25) is 0 Å². The number of carbonyl (C=O) groups excluding carboxylic acids is 1. The van der Waals surface area contributed by atoms with E-state index in [0.29, 0.717) is 5.56 Å². The lowest BCUT2D eigenvalue weighted by Gasteiger charge is -1.97. The number of benzene rings is 1. The van der Waals surface area contributed by atoms with Gasteiger partial charge in [-0.1, -0.05) is 5.16 Å². The number of ether oxygens (including phenoxy) is 1. The normalized spacial score (nSPS) is 10.4. The molecule has 2 aromatic rings. The van der Waals surface area contributed by atoms with Gasteiger partial charge in [-0.25, -0.2) is 9.18 Å². The van der Waals surface area contributed by atoms with Crippen LogP contribution in [0.15, 0.2) is 22.7 Å². The molecule has 1 aromatic carbocycles.